The van der Waals surface area contributed by atoms with Crippen molar-refractivity contribution in [1.82, 2.24) is 10.2 Å². The molecule has 0 aromatic carbocycles. The van der Waals surface area contributed by atoms with Crippen LogP contribution in [-0.2, 0) is 4.79 Å². The molecular formula is C9H14N2O2. The maximum Gasteiger partial charge on any atom is 0.324 e. The molecule has 1 aliphatic heterocycles. The fourth-order valence-corrected chi connectivity index (χ4v) is 1.64. The first-order chi connectivity index (χ1) is 6.25. The summed E-state index contributed by atoms with van der Waals surface area (Å²) in [5, 5.41) is 2.27. The highest BCUT2D eigenvalue weighted by Gasteiger charge is 2.27. The molecule has 2 rings (SSSR count). The summed E-state index contributed by atoms with van der Waals surface area (Å²) in [6.45, 7) is 0.984. The van der Waals surface area contributed by atoms with Gasteiger partial charge in [0.1, 0.15) is 6.54 Å². The van der Waals surface area contributed by atoms with E-state index >= 15 is 0 Å². The second-order valence-electron chi connectivity index (χ2n) is 3.86. The van der Waals surface area contributed by atoms with Crippen LogP contribution >= 0.6 is 0 Å². The molecule has 0 unspecified atom stereocenters. The van der Waals surface area contributed by atoms with Crippen molar-refractivity contribution < 1.29 is 9.59 Å². The van der Waals surface area contributed by atoms with Gasteiger partial charge in [-0.15, -0.1) is 0 Å². The van der Waals surface area contributed by atoms with E-state index in [1.165, 1.54) is 19.3 Å². The van der Waals surface area contributed by atoms with Crippen molar-refractivity contribution in [3.05, 3.63) is 0 Å². The Kier molecular flexibility index (Phi) is 2.20. The van der Waals surface area contributed by atoms with Gasteiger partial charge in [0.25, 0.3) is 0 Å². The fourth-order valence-electron chi connectivity index (χ4n) is 1.64. The van der Waals surface area contributed by atoms with Gasteiger partial charge < -0.3 is 4.90 Å². The zero-order valence-electron chi connectivity index (χ0n) is 7.58. The van der Waals surface area contributed by atoms with Crippen molar-refractivity contribution in [3.8, 4) is 0 Å². The first-order valence-corrected chi connectivity index (χ1v) is 4.84. The van der Waals surface area contributed by atoms with Gasteiger partial charge in [-0.25, -0.2) is 4.79 Å². The quantitative estimate of drug-likeness (QED) is 0.651. The zero-order chi connectivity index (χ0) is 9.26. The minimum Gasteiger partial charge on any atom is -0.315 e. The summed E-state index contributed by atoms with van der Waals surface area (Å²) in [5.74, 6) is 0.734. The Labute approximate surface area is 77.3 Å². The minimum absolute atomic E-state index is 0.170. The normalized spacial score (nSPS) is 22.3. The summed E-state index contributed by atoms with van der Waals surface area (Å²) >= 11 is 0. The molecule has 13 heavy (non-hydrogen) atoms. The number of hydrogen-bond acceptors (Lipinski definition) is 2. The topological polar surface area (TPSA) is 49.4 Å². The van der Waals surface area contributed by atoms with Crippen LogP contribution in [0.3, 0.4) is 0 Å². The lowest BCUT2D eigenvalue weighted by molar-refractivity contribution is -0.118. The first kappa shape index (κ1) is 8.53. The highest BCUT2D eigenvalue weighted by Crippen LogP contribution is 2.33. The molecule has 3 amide bonds. The molecule has 0 radical (unpaired) electrons. The van der Waals surface area contributed by atoms with E-state index in [1.807, 2.05) is 0 Å². The minimum atomic E-state index is -0.221. The van der Waals surface area contributed by atoms with Gasteiger partial charge in [0.05, 0.1) is 0 Å². The van der Waals surface area contributed by atoms with E-state index in [0.29, 0.717) is 0 Å². The molecule has 72 valence electrons. The van der Waals surface area contributed by atoms with Gasteiger partial charge in [0.2, 0.25) is 5.91 Å². The molecule has 1 N–H and O–H groups in total. The van der Waals surface area contributed by atoms with Gasteiger partial charge in [-0.3, -0.25) is 10.1 Å². The average Bonchev–Trinajstić information content (AvgIpc) is 2.81. The fraction of sp³-hybridized carbons (Fsp3) is 0.778. The molecule has 1 heterocycles. The number of nitrogens with one attached hydrogen (secondary N) is 1. The van der Waals surface area contributed by atoms with Gasteiger partial charge in [-0.05, 0) is 18.8 Å². The standard InChI is InChI=1S/C9H14N2O2/c12-8-6-11(9(13)10-8)5-1-2-7-3-4-7/h7H,1-6H2,(H,10,12,13). The molecule has 4 nitrogen and oxygen atoms in total. The van der Waals surface area contributed by atoms with Crippen LogP contribution in [0.2, 0.25) is 0 Å². The predicted molar refractivity (Wildman–Crippen MR) is 47.1 cm³/mol. The smallest absolute Gasteiger partial charge is 0.315 e. The SMILES string of the molecule is O=C1CN(CCCC2CC2)C(=O)N1. The molecule has 1 saturated heterocycles. The van der Waals surface area contributed by atoms with Crippen molar-refractivity contribution in [2.45, 2.75) is 25.7 Å². The maximum atomic E-state index is 11.1. The van der Waals surface area contributed by atoms with E-state index in [2.05, 4.69) is 5.32 Å². The van der Waals surface area contributed by atoms with Crippen molar-refractivity contribution in [1.29, 1.82) is 0 Å². The Bertz CT molecular complexity index is 236. The summed E-state index contributed by atoms with van der Waals surface area (Å²) in [5.41, 5.74) is 0. The number of imide groups is 1. The van der Waals surface area contributed by atoms with Gasteiger partial charge in [-0.2, -0.15) is 0 Å². The number of hydrogen-bond donors (Lipinski definition) is 1. The monoisotopic (exact) mass is 182 g/mol. The Morgan fingerprint density at radius 3 is 2.69 bits per heavy atom. The molecule has 2 aliphatic rings. The van der Waals surface area contributed by atoms with Crippen LogP contribution in [-0.4, -0.2) is 29.9 Å². The van der Waals surface area contributed by atoms with Gasteiger partial charge in [0, 0.05) is 6.54 Å². The molecule has 0 aromatic rings. The molecular weight excluding hydrogens is 168 g/mol. The molecule has 0 aromatic heterocycles. The van der Waals surface area contributed by atoms with Crippen LogP contribution in [0.25, 0.3) is 0 Å². The number of amides is 3. The largest absolute Gasteiger partial charge is 0.324 e. The van der Waals surface area contributed by atoms with E-state index in [9.17, 15) is 9.59 Å². The van der Waals surface area contributed by atoms with Crippen molar-refractivity contribution >= 4 is 11.9 Å². The van der Waals surface area contributed by atoms with E-state index in [4.69, 9.17) is 0 Å². The second-order valence-corrected chi connectivity index (χ2v) is 3.86. The molecule has 2 fully saturated rings. The lowest BCUT2D eigenvalue weighted by Gasteiger charge is -2.11. The van der Waals surface area contributed by atoms with Crippen molar-refractivity contribution in [3.63, 3.8) is 0 Å². The summed E-state index contributed by atoms with van der Waals surface area (Å²) in [4.78, 5) is 23.5. The predicted octanol–water partition coefficient (Wildman–Crippen LogP) is 0.728. The molecule has 1 saturated carbocycles. The third-order valence-corrected chi connectivity index (χ3v) is 2.61. The van der Waals surface area contributed by atoms with Crippen LogP contribution in [0.5, 0.6) is 0 Å². The zero-order valence-corrected chi connectivity index (χ0v) is 7.58. The highest BCUT2D eigenvalue weighted by atomic mass is 16.2. The highest BCUT2D eigenvalue weighted by molar-refractivity contribution is 6.01. The lowest BCUT2D eigenvalue weighted by atomic mass is 10.2. The lowest BCUT2D eigenvalue weighted by Crippen LogP contribution is -2.29. The number of carbonyl (C=O) groups is 2. The van der Waals surface area contributed by atoms with E-state index in [0.717, 1.165) is 18.9 Å². The Balaban J connectivity index is 1.68. The Hall–Kier alpha value is -1.06. The molecule has 1 aliphatic carbocycles. The van der Waals surface area contributed by atoms with Crippen LogP contribution in [0.4, 0.5) is 4.79 Å². The third-order valence-electron chi connectivity index (χ3n) is 2.61. The number of carbonyl (C=O) groups excluding carboxylic acids is 2. The van der Waals surface area contributed by atoms with Gasteiger partial charge in [0.15, 0.2) is 0 Å². The van der Waals surface area contributed by atoms with E-state index in [-0.39, 0.29) is 18.5 Å². The number of urea groups is 1. The summed E-state index contributed by atoms with van der Waals surface area (Å²) < 4.78 is 0. The number of nitrogens with zero attached hydrogens (tertiary/aromatic N) is 1. The van der Waals surface area contributed by atoms with Crippen molar-refractivity contribution in [2.75, 3.05) is 13.1 Å². The van der Waals surface area contributed by atoms with Gasteiger partial charge >= 0.3 is 6.03 Å². The van der Waals surface area contributed by atoms with Crippen LogP contribution in [0.15, 0.2) is 0 Å². The molecule has 4 heteroatoms. The van der Waals surface area contributed by atoms with Gasteiger partial charge in [-0.1, -0.05) is 12.8 Å². The van der Waals surface area contributed by atoms with E-state index in [1.54, 1.807) is 4.90 Å². The summed E-state index contributed by atoms with van der Waals surface area (Å²) in [6, 6.07) is -0.221. The third kappa shape index (κ3) is 2.20. The first-order valence-electron chi connectivity index (χ1n) is 4.84. The summed E-state index contributed by atoms with van der Waals surface area (Å²) in [6.07, 6.45) is 4.94. The maximum absolute atomic E-state index is 11.1. The molecule has 0 bridgehead atoms. The molecule has 0 atom stereocenters. The number of rotatable bonds is 4. The Morgan fingerprint density at radius 2 is 2.15 bits per heavy atom. The van der Waals surface area contributed by atoms with Crippen molar-refractivity contribution in [2.24, 2.45) is 5.92 Å². The average molecular weight is 182 g/mol. The van der Waals surface area contributed by atoms with Crippen LogP contribution < -0.4 is 5.32 Å². The molecule has 0 spiro atoms. The second kappa shape index (κ2) is 3.36. The van der Waals surface area contributed by atoms with E-state index < -0.39 is 0 Å². The Morgan fingerprint density at radius 1 is 1.38 bits per heavy atom. The van der Waals surface area contributed by atoms with Crippen LogP contribution in [0.1, 0.15) is 25.7 Å². The van der Waals surface area contributed by atoms with Crippen LogP contribution in [0, 0.1) is 5.92 Å². The summed E-state index contributed by atoms with van der Waals surface area (Å²) in [7, 11) is 0.